The average Bonchev–Trinajstić information content (AvgIpc) is 2.53. The molecule has 0 unspecified atom stereocenters. The van der Waals surface area contributed by atoms with Gasteiger partial charge in [-0.05, 0) is 58.2 Å². The van der Waals surface area contributed by atoms with Gasteiger partial charge in [-0.15, -0.1) is 0 Å². The van der Waals surface area contributed by atoms with Crippen molar-refractivity contribution in [3.8, 4) is 6.07 Å². The number of hydrogen-bond acceptors (Lipinski definition) is 4. The standard InChI is InChI=1S/C19H27N3O3S/c1-14-8-9-15(26(24,25)22-18(2,3)4)12-16(14)17(23)21-19(13-20)10-6-5-7-11-19/h8-9,12,22H,5-7,10-11H2,1-4H3,(H,21,23). The van der Waals surface area contributed by atoms with Gasteiger partial charge in [0.05, 0.1) is 11.0 Å². The molecule has 0 aromatic heterocycles. The van der Waals surface area contributed by atoms with E-state index in [9.17, 15) is 18.5 Å². The number of carbonyl (C=O) groups excluding carboxylic acids is 1. The van der Waals surface area contributed by atoms with Gasteiger partial charge in [-0.3, -0.25) is 4.79 Å². The Balaban J connectivity index is 2.32. The molecule has 6 nitrogen and oxygen atoms in total. The molecule has 0 atom stereocenters. The number of sulfonamides is 1. The van der Waals surface area contributed by atoms with Gasteiger partial charge in [0.25, 0.3) is 5.91 Å². The first-order valence-corrected chi connectivity index (χ1v) is 10.3. The lowest BCUT2D eigenvalue weighted by atomic mass is 9.82. The largest absolute Gasteiger partial charge is 0.334 e. The van der Waals surface area contributed by atoms with Gasteiger partial charge in [-0.1, -0.05) is 25.3 Å². The Morgan fingerprint density at radius 1 is 1.19 bits per heavy atom. The highest BCUT2D eigenvalue weighted by Crippen LogP contribution is 2.28. The van der Waals surface area contributed by atoms with Crippen LogP contribution in [0.5, 0.6) is 0 Å². The topological polar surface area (TPSA) is 99.1 Å². The van der Waals surface area contributed by atoms with Crippen molar-refractivity contribution >= 4 is 15.9 Å². The van der Waals surface area contributed by atoms with Crippen LogP contribution in [0.15, 0.2) is 23.1 Å². The third-order valence-electron chi connectivity index (χ3n) is 4.48. The number of hydrogen-bond donors (Lipinski definition) is 2. The third-order valence-corrected chi connectivity index (χ3v) is 6.23. The second-order valence-corrected chi connectivity index (χ2v) is 9.72. The van der Waals surface area contributed by atoms with Crippen LogP contribution in [0.3, 0.4) is 0 Å². The number of nitrogens with one attached hydrogen (secondary N) is 2. The summed E-state index contributed by atoms with van der Waals surface area (Å²) < 4.78 is 27.7. The highest BCUT2D eigenvalue weighted by Gasteiger charge is 2.34. The zero-order valence-electron chi connectivity index (χ0n) is 15.8. The van der Waals surface area contributed by atoms with Crippen LogP contribution in [0.4, 0.5) is 0 Å². The van der Waals surface area contributed by atoms with E-state index < -0.39 is 27.0 Å². The van der Waals surface area contributed by atoms with E-state index in [-0.39, 0.29) is 10.5 Å². The number of benzene rings is 1. The van der Waals surface area contributed by atoms with Crippen molar-refractivity contribution in [2.45, 2.75) is 75.8 Å². The third kappa shape index (κ3) is 4.83. The highest BCUT2D eigenvalue weighted by atomic mass is 32.2. The predicted octanol–water partition coefficient (Wildman–Crippen LogP) is 3.03. The zero-order chi connectivity index (χ0) is 19.6. The van der Waals surface area contributed by atoms with Crippen molar-refractivity contribution < 1.29 is 13.2 Å². The molecule has 1 aromatic carbocycles. The lowest BCUT2D eigenvalue weighted by Gasteiger charge is -2.31. The van der Waals surface area contributed by atoms with E-state index in [0.29, 0.717) is 18.4 Å². The fraction of sp³-hybridized carbons (Fsp3) is 0.579. The van der Waals surface area contributed by atoms with Gasteiger partial charge in [-0.25, -0.2) is 13.1 Å². The van der Waals surface area contributed by atoms with E-state index in [0.717, 1.165) is 19.3 Å². The summed E-state index contributed by atoms with van der Waals surface area (Å²) in [5, 5.41) is 12.4. The Hall–Kier alpha value is -1.91. The van der Waals surface area contributed by atoms with Crippen LogP contribution < -0.4 is 10.0 Å². The molecule has 0 bridgehead atoms. The number of nitrogens with zero attached hydrogens (tertiary/aromatic N) is 1. The number of carbonyl (C=O) groups is 1. The molecule has 1 amide bonds. The first-order valence-electron chi connectivity index (χ1n) is 8.86. The maximum Gasteiger partial charge on any atom is 0.252 e. The molecular weight excluding hydrogens is 350 g/mol. The Labute approximate surface area is 156 Å². The molecule has 0 saturated heterocycles. The van der Waals surface area contributed by atoms with Crippen molar-refractivity contribution in [1.82, 2.24) is 10.0 Å². The fourth-order valence-corrected chi connectivity index (χ4v) is 4.62. The quantitative estimate of drug-likeness (QED) is 0.842. The number of rotatable bonds is 4. The summed E-state index contributed by atoms with van der Waals surface area (Å²) in [6.07, 6.45) is 4.10. The van der Waals surface area contributed by atoms with Crippen LogP contribution in [0.1, 0.15) is 68.8 Å². The molecular formula is C19H27N3O3S. The van der Waals surface area contributed by atoms with Crippen LogP contribution in [0.25, 0.3) is 0 Å². The van der Waals surface area contributed by atoms with E-state index >= 15 is 0 Å². The Morgan fingerprint density at radius 2 is 1.81 bits per heavy atom. The Bertz CT molecular complexity index is 827. The van der Waals surface area contributed by atoms with Crippen LogP contribution in [0, 0.1) is 18.3 Å². The van der Waals surface area contributed by atoms with Gasteiger partial charge in [0.2, 0.25) is 10.0 Å². The number of amides is 1. The molecule has 142 valence electrons. The van der Waals surface area contributed by atoms with Gasteiger partial charge < -0.3 is 5.32 Å². The monoisotopic (exact) mass is 377 g/mol. The van der Waals surface area contributed by atoms with Crippen molar-refractivity contribution in [3.63, 3.8) is 0 Å². The first-order chi connectivity index (χ1) is 12.0. The molecule has 1 fully saturated rings. The molecule has 0 aliphatic heterocycles. The van der Waals surface area contributed by atoms with E-state index in [1.54, 1.807) is 33.8 Å². The van der Waals surface area contributed by atoms with Gasteiger partial charge in [0.1, 0.15) is 5.54 Å². The molecule has 1 saturated carbocycles. The molecule has 0 radical (unpaired) electrons. The van der Waals surface area contributed by atoms with Crippen molar-refractivity contribution in [2.75, 3.05) is 0 Å². The van der Waals surface area contributed by atoms with Gasteiger partial charge in [0, 0.05) is 11.1 Å². The molecule has 2 N–H and O–H groups in total. The van der Waals surface area contributed by atoms with E-state index in [1.165, 1.54) is 12.1 Å². The minimum absolute atomic E-state index is 0.0397. The van der Waals surface area contributed by atoms with E-state index in [2.05, 4.69) is 16.1 Å². The van der Waals surface area contributed by atoms with Gasteiger partial charge in [-0.2, -0.15) is 5.26 Å². The van der Waals surface area contributed by atoms with Crippen LogP contribution in [-0.4, -0.2) is 25.4 Å². The average molecular weight is 378 g/mol. The van der Waals surface area contributed by atoms with Crippen molar-refractivity contribution in [1.29, 1.82) is 5.26 Å². The summed E-state index contributed by atoms with van der Waals surface area (Å²) in [7, 11) is -3.74. The summed E-state index contributed by atoms with van der Waals surface area (Å²) in [6, 6.07) is 6.74. The fourth-order valence-electron chi connectivity index (χ4n) is 3.18. The molecule has 1 aliphatic carbocycles. The molecule has 1 aromatic rings. The predicted molar refractivity (Wildman–Crippen MR) is 100 cm³/mol. The summed E-state index contributed by atoms with van der Waals surface area (Å²) in [4.78, 5) is 12.8. The summed E-state index contributed by atoms with van der Waals surface area (Å²) in [5.41, 5.74) is -0.539. The molecule has 2 rings (SSSR count). The van der Waals surface area contributed by atoms with E-state index in [4.69, 9.17) is 0 Å². The lowest BCUT2D eigenvalue weighted by Crippen LogP contribution is -2.48. The zero-order valence-corrected chi connectivity index (χ0v) is 16.7. The van der Waals surface area contributed by atoms with Crippen LogP contribution in [0.2, 0.25) is 0 Å². The molecule has 0 spiro atoms. The first kappa shape index (κ1) is 20.4. The Morgan fingerprint density at radius 3 is 2.35 bits per heavy atom. The molecule has 7 heteroatoms. The van der Waals surface area contributed by atoms with Crippen LogP contribution >= 0.6 is 0 Å². The lowest BCUT2D eigenvalue weighted by molar-refractivity contribution is 0.0902. The van der Waals surface area contributed by atoms with Crippen molar-refractivity contribution in [2.24, 2.45) is 0 Å². The van der Waals surface area contributed by atoms with Gasteiger partial charge in [0.15, 0.2) is 0 Å². The molecule has 26 heavy (non-hydrogen) atoms. The summed E-state index contributed by atoms with van der Waals surface area (Å²) >= 11 is 0. The minimum Gasteiger partial charge on any atom is -0.334 e. The molecule has 1 aliphatic rings. The number of nitriles is 1. The maximum atomic E-state index is 12.8. The second kappa shape index (κ2) is 7.37. The molecule has 0 heterocycles. The van der Waals surface area contributed by atoms with Gasteiger partial charge >= 0.3 is 0 Å². The summed E-state index contributed by atoms with van der Waals surface area (Å²) in [6.45, 7) is 7.02. The number of aryl methyl sites for hydroxylation is 1. The minimum atomic E-state index is -3.74. The maximum absolute atomic E-state index is 12.8. The Kier molecular flexibility index (Phi) is 5.79. The second-order valence-electron chi connectivity index (χ2n) is 8.04. The smallest absolute Gasteiger partial charge is 0.252 e. The van der Waals surface area contributed by atoms with Crippen molar-refractivity contribution in [3.05, 3.63) is 29.3 Å². The highest BCUT2D eigenvalue weighted by molar-refractivity contribution is 7.89. The van der Waals surface area contributed by atoms with Crippen LogP contribution in [-0.2, 0) is 10.0 Å². The normalized spacial score (nSPS) is 17.3. The SMILES string of the molecule is Cc1ccc(S(=O)(=O)NC(C)(C)C)cc1C(=O)NC1(C#N)CCCCC1. The summed E-state index contributed by atoms with van der Waals surface area (Å²) in [5.74, 6) is -0.404. The van der Waals surface area contributed by atoms with E-state index in [1.807, 2.05) is 0 Å².